The third-order valence-corrected chi connectivity index (χ3v) is 4.10. The molecule has 0 aliphatic carbocycles. The summed E-state index contributed by atoms with van der Waals surface area (Å²) in [5.74, 6) is 0.505. The van der Waals surface area contributed by atoms with Gasteiger partial charge in [-0.1, -0.05) is 16.8 Å². The Morgan fingerprint density at radius 2 is 2.05 bits per heavy atom. The van der Waals surface area contributed by atoms with Gasteiger partial charge in [-0.05, 0) is 44.7 Å². The first kappa shape index (κ1) is 14.7. The van der Waals surface area contributed by atoms with Gasteiger partial charge in [0.1, 0.15) is 0 Å². The fourth-order valence-corrected chi connectivity index (χ4v) is 2.81. The number of hydrogen-bond donors (Lipinski definition) is 3. The number of hydrogen-bond acceptors (Lipinski definition) is 4. The predicted molar refractivity (Wildman–Crippen MR) is 80.3 cm³/mol. The highest BCUT2D eigenvalue weighted by Crippen LogP contribution is 2.28. The third kappa shape index (κ3) is 3.04. The summed E-state index contributed by atoms with van der Waals surface area (Å²) in [4.78, 5) is 2.24. The van der Waals surface area contributed by atoms with Crippen LogP contribution < -0.4 is 10.6 Å². The van der Waals surface area contributed by atoms with E-state index in [1.807, 2.05) is 32.0 Å². The smallest absolute Gasteiger partial charge is 0.172 e. The molecule has 0 saturated carbocycles. The Morgan fingerprint density at radius 3 is 2.60 bits per heavy atom. The number of nitrogens with two attached hydrogens (primary N) is 1. The van der Waals surface area contributed by atoms with E-state index in [2.05, 4.69) is 10.1 Å². The summed E-state index contributed by atoms with van der Waals surface area (Å²) in [5, 5.41) is 21.7. The standard InChI is InChI=1S/C15H23N3O2/c1-10-3-4-14(13(9-10)15(16)17-20)18-7-5-12(6-8-18)11(2)19/h3-4,9,11-12,19-20H,5-8H2,1-2H3,(H2,16,17). The van der Waals surface area contributed by atoms with E-state index in [1.165, 1.54) is 0 Å². The minimum absolute atomic E-state index is 0.140. The Labute approximate surface area is 119 Å². The van der Waals surface area contributed by atoms with Crippen LogP contribution in [-0.4, -0.2) is 35.3 Å². The Hall–Kier alpha value is -1.75. The van der Waals surface area contributed by atoms with E-state index >= 15 is 0 Å². The first-order valence-corrected chi connectivity index (χ1v) is 7.04. The van der Waals surface area contributed by atoms with E-state index < -0.39 is 0 Å². The molecular weight excluding hydrogens is 254 g/mol. The molecule has 0 aromatic heterocycles. The van der Waals surface area contributed by atoms with Crippen molar-refractivity contribution >= 4 is 11.5 Å². The van der Waals surface area contributed by atoms with Gasteiger partial charge >= 0.3 is 0 Å². The molecule has 0 radical (unpaired) electrons. The molecule has 1 unspecified atom stereocenters. The topological polar surface area (TPSA) is 82.1 Å². The predicted octanol–water partition coefficient (Wildman–Crippen LogP) is 1.69. The van der Waals surface area contributed by atoms with Crippen LogP contribution in [0, 0.1) is 12.8 Å². The van der Waals surface area contributed by atoms with Crippen molar-refractivity contribution in [3.63, 3.8) is 0 Å². The van der Waals surface area contributed by atoms with E-state index in [1.54, 1.807) is 0 Å². The van der Waals surface area contributed by atoms with Gasteiger partial charge in [0.2, 0.25) is 0 Å². The average Bonchev–Trinajstić information content (AvgIpc) is 2.46. The van der Waals surface area contributed by atoms with Crippen LogP contribution in [-0.2, 0) is 0 Å². The van der Waals surface area contributed by atoms with Crippen LogP contribution in [0.4, 0.5) is 5.69 Å². The van der Waals surface area contributed by atoms with Gasteiger partial charge in [0.15, 0.2) is 5.84 Å². The van der Waals surface area contributed by atoms with Gasteiger partial charge in [-0.25, -0.2) is 0 Å². The van der Waals surface area contributed by atoms with Crippen LogP contribution >= 0.6 is 0 Å². The monoisotopic (exact) mass is 277 g/mol. The summed E-state index contributed by atoms with van der Waals surface area (Å²) in [6, 6.07) is 5.99. The van der Waals surface area contributed by atoms with Gasteiger partial charge in [0.05, 0.1) is 6.10 Å². The molecule has 2 rings (SSSR count). The number of aryl methyl sites for hydroxylation is 1. The van der Waals surface area contributed by atoms with Gasteiger partial charge in [-0.3, -0.25) is 0 Å². The Kier molecular flexibility index (Phi) is 4.49. The van der Waals surface area contributed by atoms with Crippen molar-refractivity contribution in [2.45, 2.75) is 32.8 Å². The lowest BCUT2D eigenvalue weighted by atomic mass is 9.91. The molecule has 0 bridgehead atoms. The molecule has 1 saturated heterocycles. The lowest BCUT2D eigenvalue weighted by Crippen LogP contribution is -2.38. The van der Waals surface area contributed by atoms with Crippen LogP contribution in [0.25, 0.3) is 0 Å². The second-order valence-corrected chi connectivity index (χ2v) is 5.57. The number of piperidine rings is 1. The molecule has 1 aliphatic heterocycles. The van der Waals surface area contributed by atoms with Crippen molar-refractivity contribution in [3.8, 4) is 0 Å². The number of anilines is 1. The van der Waals surface area contributed by atoms with Gasteiger partial charge in [0.25, 0.3) is 0 Å². The fraction of sp³-hybridized carbons (Fsp3) is 0.533. The molecule has 0 spiro atoms. The highest BCUT2D eigenvalue weighted by atomic mass is 16.4. The molecule has 1 heterocycles. The Bertz CT molecular complexity index is 492. The maximum Gasteiger partial charge on any atom is 0.172 e. The molecule has 1 atom stereocenters. The molecule has 5 heteroatoms. The molecule has 1 aromatic carbocycles. The van der Waals surface area contributed by atoms with E-state index in [0.717, 1.165) is 42.7 Å². The molecule has 4 N–H and O–H groups in total. The van der Waals surface area contributed by atoms with Crippen molar-refractivity contribution in [3.05, 3.63) is 29.3 Å². The SMILES string of the molecule is Cc1ccc(N2CCC(C(C)O)CC2)c(/C(N)=N/O)c1. The zero-order chi connectivity index (χ0) is 14.7. The third-order valence-electron chi connectivity index (χ3n) is 4.10. The maximum absolute atomic E-state index is 9.66. The minimum atomic E-state index is -0.251. The summed E-state index contributed by atoms with van der Waals surface area (Å²) >= 11 is 0. The number of rotatable bonds is 3. The summed E-state index contributed by atoms with van der Waals surface area (Å²) in [6.07, 6.45) is 1.67. The van der Waals surface area contributed by atoms with Crippen LogP contribution in [0.2, 0.25) is 0 Å². The molecule has 1 fully saturated rings. The molecular formula is C15H23N3O2. The maximum atomic E-state index is 9.66. The Morgan fingerprint density at radius 1 is 1.40 bits per heavy atom. The largest absolute Gasteiger partial charge is 0.409 e. The molecule has 1 aliphatic rings. The van der Waals surface area contributed by atoms with Crippen molar-refractivity contribution in [2.75, 3.05) is 18.0 Å². The molecule has 5 nitrogen and oxygen atoms in total. The van der Waals surface area contributed by atoms with Crippen molar-refractivity contribution in [1.29, 1.82) is 0 Å². The zero-order valence-electron chi connectivity index (χ0n) is 12.1. The lowest BCUT2D eigenvalue weighted by molar-refractivity contribution is 0.110. The summed E-state index contributed by atoms with van der Waals surface area (Å²) in [6.45, 7) is 5.60. The van der Waals surface area contributed by atoms with Crippen molar-refractivity contribution in [1.82, 2.24) is 0 Å². The first-order valence-electron chi connectivity index (χ1n) is 7.04. The normalized spacial score (nSPS) is 19.1. The van der Waals surface area contributed by atoms with Crippen LogP contribution in [0.5, 0.6) is 0 Å². The van der Waals surface area contributed by atoms with E-state index in [9.17, 15) is 5.11 Å². The van der Waals surface area contributed by atoms with E-state index in [0.29, 0.717) is 5.92 Å². The minimum Gasteiger partial charge on any atom is -0.409 e. The van der Waals surface area contributed by atoms with Crippen molar-refractivity contribution in [2.24, 2.45) is 16.8 Å². The van der Waals surface area contributed by atoms with Crippen LogP contribution in [0.15, 0.2) is 23.4 Å². The summed E-state index contributed by atoms with van der Waals surface area (Å²) < 4.78 is 0. The summed E-state index contributed by atoms with van der Waals surface area (Å²) in [7, 11) is 0. The second kappa shape index (κ2) is 6.13. The molecule has 20 heavy (non-hydrogen) atoms. The van der Waals surface area contributed by atoms with E-state index in [4.69, 9.17) is 10.9 Å². The van der Waals surface area contributed by atoms with Crippen LogP contribution in [0.1, 0.15) is 30.9 Å². The van der Waals surface area contributed by atoms with Crippen molar-refractivity contribution < 1.29 is 10.3 Å². The summed E-state index contributed by atoms with van der Waals surface area (Å²) in [5.41, 5.74) is 8.62. The quantitative estimate of drug-likeness (QED) is 0.340. The lowest BCUT2D eigenvalue weighted by Gasteiger charge is -2.35. The van der Waals surface area contributed by atoms with Crippen LogP contribution in [0.3, 0.4) is 0 Å². The number of oxime groups is 1. The van der Waals surface area contributed by atoms with Gasteiger partial charge in [-0.15, -0.1) is 0 Å². The van der Waals surface area contributed by atoms with Gasteiger partial charge in [0, 0.05) is 24.3 Å². The average molecular weight is 277 g/mol. The number of benzene rings is 1. The fourth-order valence-electron chi connectivity index (χ4n) is 2.81. The molecule has 1 aromatic rings. The number of aliphatic hydroxyl groups is 1. The van der Waals surface area contributed by atoms with E-state index in [-0.39, 0.29) is 11.9 Å². The second-order valence-electron chi connectivity index (χ2n) is 5.57. The highest BCUT2D eigenvalue weighted by Gasteiger charge is 2.24. The van der Waals surface area contributed by atoms with Gasteiger partial charge < -0.3 is 20.9 Å². The number of aliphatic hydroxyl groups excluding tert-OH is 1. The van der Waals surface area contributed by atoms with Gasteiger partial charge in [-0.2, -0.15) is 0 Å². The molecule has 110 valence electrons. The highest BCUT2D eigenvalue weighted by molar-refractivity contribution is 6.02. The Balaban J connectivity index is 2.22. The zero-order valence-corrected chi connectivity index (χ0v) is 12.1. The molecule has 0 amide bonds. The number of amidine groups is 1. The number of nitrogens with zero attached hydrogens (tertiary/aromatic N) is 2. The first-order chi connectivity index (χ1) is 9.52.